The van der Waals surface area contributed by atoms with Gasteiger partial charge in [0.1, 0.15) is 5.82 Å². The number of hydrogen-bond donors (Lipinski definition) is 0. The second-order valence-corrected chi connectivity index (χ2v) is 6.54. The van der Waals surface area contributed by atoms with Gasteiger partial charge >= 0.3 is 6.09 Å². The van der Waals surface area contributed by atoms with Crippen LogP contribution in [0.2, 0.25) is 0 Å². The lowest BCUT2D eigenvalue weighted by Gasteiger charge is -2.24. The predicted octanol–water partition coefficient (Wildman–Crippen LogP) is 4.44. The summed E-state index contributed by atoms with van der Waals surface area (Å²) in [7, 11) is 0. The molecule has 1 aromatic carbocycles. The van der Waals surface area contributed by atoms with Crippen molar-refractivity contribution in [1.29, 1.82) is 0 Å². The lowest BCUT2D eigenvalue weighted by molar-refractivity contribution is 0.104. The quantitative estimate of drug-likeness (QED) is 0.838. The zero-order valence-corrected chi connectivity index (χ0v) is 14.1. The van der Waals surface area contributed by atoms with Crippen LogP contribution in [0.4, 0.5) is 4.79 Å². The Morgan fingerprint density at radius 1 is 1.39 bits per heavy atom. The Morgan fingerprint density at radius 3 is 2.87 bits per heavy atom. The van der Waals surface area contributed by atoms with Gasteiger partial charge in [-0.15, -0.1) is 0 Å². The maximum Gasteiger partial charge on any atom is 0.419 e. The van der Waals surface area contributed by atoms with Gasteiger partial charge in [0.2, 0.25) is 0 Å². The van der Waals surface area contributed by atoms with E-state index in [0.29, 0.717) is 12.5 Å². The van der Waals surface area contributed by atoms with Crippen molar-refractivity contribution >= 4 is 6.09 Å². The molecule has 0 spiro atoms. The molecule has 1 aliphatic carbocycles. The first-order valence-electron chi connectivity index (χ1n) is 8.34. The number of imidazole rings is 1. The van der Waals surface area contributed by atoms with Gasteiger partial charge in [-0.1, -0.05) is 31.5 Å². The monoisotopic (exact) mass is 312 g/mol. The van der Waals surface area contributed by atoms with Crippen LogP contribution in [0.15, 0.2) is 30.6 Å². The van der Waals surface area contributed by atoms with Crippen molar-refractivity contribution in [3.8, 4) is 0 Å². The summed E-state index contributed by atoms with van der Waals surface area (Å²) < 4.78 is 7.00. The fraction of sp³-hybridized carbons (Fsp3) is 0.474. The molecule has 3 rings (SSSR count). The van der Waals surface area contributed by atoms with Crippen LogP contribution in [0.3, 0.4) is 0 Å². The van der Waals surface area contributed by atoms with E-state index in [1.165, 1.54) is 36.0 Å². The highest BCUT2D eigenvalue weighted by Gasteiger charge is 2.23. The first kappa shape index (κ1) is 15.8. The molecule has 1 atom stereocenters. The Bertz CT molecular complexity index is 701. The number of carbonyl (C=O) groups excluding carboxylic acids is 1. The van der Waals surface area contributed by atoms with E-state index < -0.39 is 0 Å². The highest BCUT2D eigenvalue weighted by Crippen LogP contribution is 2.28. The molecule has 122 valence electrons. The van der Waals surface area contributed by atoms with Gasteiger partial charge in [-0.2, -0.15) is 0 Å². The Kier molecular flexibility index (Phi) is 4.51. The molecule has 0 aliphatic heterocycles. The lowest BCUT2D eigenvalue weighted by Crippen LogP contribution is -2.24. The highest BCUT2D eigenvalue weighted by atomic mass is 16.5. The van der Waals surface area contributed by atoms with E-state index in [-0.39, 0.29) is 12.0 Å². The fourth-order valence-electron chi connectivity index (χ4n) is 3.09. The standard InChI is InChI=1S/C19H24N2O2/c1-13-6-4-9-17(14(13)2)15(3)18-20-10-11-21(18)19(22)23-12-16-7-5-8-16/h4,6,9-11,15-16H,5,7-8,12H2,1-3H3/t15-/m0/s1. The lowest BCUT2D eigenvalue weighted by atomic mass is 9.86. The molecular weight excluding hydrogens is 288 g/mol. The van der Waals surface area contributed by atoms with E-state index >= 15 is 0 Å². The number of hydrogen-bond acceptors (Lipinski definition) is 3. The van der Waals surface area contributed by atoms with E-state index in [0.717, 1.165) is 5.82 Å². The number of rotatable bonds is 4. The summed E-state index contributed by atoms with van der Waals surface area (Å²) in [6.07, 6.45) is 6.64. The minimum Gasteiger partial charge on any atom is -0.449 e. The topological polar surface area (TPSA) is 44.1 Å². The third-order valence-electron chi connectivity index (χ3n) is 5.03. The van der Waals surface area contributed by atoms with Gasteiger partial charge in [-0.3, -0.25) is 0 Å². The van der Waals surface area contributed by atoms with E-state index in [1.54, 1.807) is 17.0 Å². The molecule has 1 saturated carbocycles. The molecule has 0 amide bonds. The second kappa shape index (κ2) is 6.57. The van der Waals surface area contributed by atoms with Gasteiger partial charge in [0.15, 0.2) is 0 Å². The summed E-state index contributed by atoms with van der Waals surface area (Å²) in [5.74, 6) is 1.32. The molecule has 1 aliphatic rings. The summed E-state index contributed by atoms with van der Waals surface area (Å²) in [6.45, 7) is 6.82. The predicted molar refractivity (Wildman–Crippen MR) is 89.7 cm³/mol. The van der Waals surface area contributed by atoms with Crippen molar-refractivity contribution < 1.29 is 9.53 Å². The van der Waals surface area contributed by atoms with Crippen LogP contribution in [-0.4, -0.2) is 22.3 Å². The molecule has 0 radical (unpaired) electrons. The summed E-state index contributed by atoms with van der Waals surface area (Å²) >= 11 is 0. The number of ether oxygens (including phenoxy) is 1. The average Bonchev–Trinajstić information content (AvgIpc) is 2.97. The number of carbonyl (C=O) groups is 1. The Morgan fingerprint density at radius 2 is 2.17 bits per heavy atom. The van der Waals surface area contributed by atoms with Gasteiger partial charge in [0, 0.05) is 18.3 Å². The molecule has 1 heterocycles. The van der Waals surface area contributed by atoms with Gasteiger partial charge < -0.3 is 4.74 Å². The minimum atomic E-state index is -0.318. The number of nitrogens with zero attached hydrogens (tertiary/aromatic N) is 2. The summed E-state index contributed by atoms with van der Waals surface area (Å²) in [5.41, 5.74) is 3.70. The molecule has 1 aromatic heterocycles. The van der Waals surface area contributed by atoms with Crippen molar-refractivity contribution in [2.24, 2.45) is 5.92 Å². The Labute approximate surface area is 137 Å². The third-order valence-corrected chi connectivity index (χ3v) is 5.03. The fourth-order valence-corrected chi connectivity index (χ4v) is 3.09. The molecule has 1 fully saturated rings. The molecule has 23 heavy (non-hydrogen) atoms. The van der Waals surface area contributed by atoms with Gasteiger partial charge in [-0.25, -0.2) is 14.3 Å². The van der Waals surface area contributed by atoms with E-state index in [9.17, 15) is 4.79 Å². The molecule has 0 unspecified atom stereocenters. The number of benzene rings is 1. The average molecular weight is 312 g/mol. The van der Waals surface area contributed by atoms with Crippen molar-refractivity contribution in [2.75, 3.05) is 6.61 Å². The van der Waals surface area contributed by atoms with Gasteiger partial charge in [0.05, 0.1) is 6.61 Å². The van der Waals surface area contributed by atoms with Crippen LogP contribution in [0.1, 0.15) is 54.6 Å². The maximum atomic E-state index is 12.4. The zero-order valence-electron chi connectivity index (χ0n) is 14.1. The third kappa shape index (κ3) is 3.16. The largest absolute Gasteiger partial charge is 0.449 e. The molecule has 0 bridgehead atoms. The van der Waals surface area contributed by atoms with E-state index in [4.69, 9.17) is 4.74 Å². The summed E-state index contributed by atoms with van der Waals surface area (Å²) in [6, 6.07) is 6.26. The zero-order chi connectivity index (χ0) is 16.4. The normalized spacial score (nSPS) is 16.0. The van der Waals surface area contributed by atoms with Gasteiger partial charge in [-0.05, 0) is 49.3 Å². The minimum absolute atomic E-state index is 0.0427. The molecule has 0 N–H and O–H groups in total. The SMILES string of the molecule is Cc1cccc([C@H](C)c2nccn2C(=O)OCC2CCC2)c1C. The smallest absolute Gasteiger partial charge is 0.419 e. The van der Waals surface area contributed by atoms with Crippen molar-refractivity contribution in [2.45, 2.75) is 46.0 Å². The van der Waals surface area contributed by atoms with Crippen molar-refractivity contribution in [3.63, 3.8) is 0 Å². The Balaban J connectivity index is 1.79. The van der Waals surface area contributed by atoms with Crippen molar-refractivity contribution in [3.05, 3.63) is 53.1 Å². The Hall–Kier alpha value is -2.10. The molecule has 4 nitrogen and oxygen atoms in total. The summed E-state index contributed by atoms with van der Waals surface area (Å²) in [4.78, 5) is 16.8. The number of aryl methyl sites for hydroxylation is 1. The second-order valence-electron chi connectivity index (χ2n) is 6.54. The van der Waals surface area contributed by atoms with Crippen LogP contribution < -0.4 is 0 Å². The first-order valence-corrected chi connectivity index (χ1v) is 8.34. The highest BCUT2D eigenvalue weighted by molar-refractivity contribution is 5.71. The summed E-state index contributed by atoms with van der Waals surface area (Å²) in [5, 5.41) is 0. The maximum absolute atomic E-state index is 12.4. The van der Waals surface area contributed by atoms with Crippen LogP contribution in [-0.2, 0) is 4.74 Å². The molecule has 2 aromatic rings. The van der Waals surface area contributed by atoms with Crippen LogP contribution in [0.5, 0.6) is 0 Å². The first-order chi connectivity index (χ1) is 11.1. The molecule has 0 saturated heterocycles. The number of aromatic nitrogens is 2. The van der Waals surface area contributed by atoms with E-state index in [1.807, 2.05) is 0 Å². The van der Waals surface area contributed by atoms with Crippen LogP contribution >= 0.6 is 0 Å². The van der Waals surface area contributed by atoms with E-state index in [2.05, 4.69) is 44.0 Å². The van der Waals surface area contributed by atoms with Gasteiger partial charge in [0.25, 0.3) is 0 Å². The van der Waals surface area contributed by atoms with Crippen LogP contribution in [0.25, 0.3) is 0 Å². The van der Waals surface area contributed by atoms with Crippen molar-refractivity contribution in [1.82, 2.24) is 9.55 Å². The molecule has 4 heteroatoms. The molecular formula is C19H24N2O2. The van der Waals surface area contributed by atoms with Crippen LogP contribution in [0, 0.1) is 19.8 Å².